The fourth-order valence-corrected chi connectivity index (χ4v) is 2.83. The van der Waals surface area contributed by atoms with E-state index in [1.807, 2.05) is 6.92 Å². The number of hydrogen-bond acceptors (Lipinski definition) is 1. The molecule has 21 heavy (non-hydrogen) atoms. The van der Waals surface area contributed by atoms with Gasteiger partial charge in [-0.3, -0.25) is 4.98 Å². The Balaban J connectivity index is 2.46. The summed E-state index contributed by atoms with van der Waals surface area (Å²) in [4.78, 5) is 4.81. The fourth-order valence-electron chi connectivity index (χ4n) is 2.83. The van der Waals surface area contributed by atoms with Crippen LogP contribution in [0, 0.1) is 13.8 Å². The van der Waals surface area contributed by atoms with Crippen molar-refractivity contribution < 1.29 is 0 Å². The van der Waals surface area contributed by atoms with E-state index in [9.17, 15) is 0 Å². The largest absolute Gasteiger partial charge is 0.252 e. The van der Waals surface area contributed by atoms with Crippen molar-refractivity contribution in [3.05, 3.63) is 72.1 Å². The third kappa shape index (κ3) is 2.36. The van der Waals surface area contributed by atoms with Crippen LogP contribution in [0.3, 0.4) is 0 Å². The minimum Gasteiger partial charge on any atom is -0.252 e. The van der Waals surface area contributed by atoms with Crippen molar-refractivity contribution in [2.45, 2.75) is 20.8 Å². The summed E-state index contributed by atoms with van der Waals surface area (Å²) >= 11 is 0. The van der Waals surface area contributed by atoms with Crippen LogP contribution in [0.4, 0.5) is 0 Å². The molecule has 2 aromatic carbocycles. The van der Waals surface area contributed by atoms with E-state index < -0.39 is 0 Å². The van der Waals surface area contributed by atoms with E-state index in [1.165, 1.54) is 27.5 Å². The third-order valence-electron chi connectivity index (χ3n) is 3.81. The van der Waals surface area contributed by atoms with Gasteiger partial charge in [0.2, 0.25) is 0 Å². The highest BCUT2D eigenvalue weighted by atomic mass is 14.7. The Kier molecular flexibility index (Phi) is 3.34. The maximum absolute atomic E-state index is 4.81. The van der Waals surface area contributed by atoms with Gasteiger partial charge in [0.15, 0.2) is 0 Å². The van der Waals surface area contributed by atoms with Gasteiger partial charge in [0.25, 0.3) is 0 Å². The summed E-state index contributed by atoms with van der Waals surface area (Å²) in [5, 5.41) is 2.45. The van der Waals surface area contributed by atoms with Crippen LogP contribution in [-0.2, 0) is 0 Å². The van der Waals surface area contributed by atoms with Crippen molar-refractivity contribution in [1.29, 1.82) is 0 Å². The van der Waals surface area contributed by atoms with Crippen LogP contribution < -0.4 is 0 Å². The number of hydrogen-bond donors (Lipinski definition) is 0. The van der Waals surface area contributed by atoms with Crippen LogP contribution in [0.1, 0.15) is 23.9 Å². The molecule has 1 heterocycles. The molecule has 0 N–H and O–H groups in total. The highest BCUT2D eigenvalue weighted by molar-refractivity contribution is 6.01. The van der Waals surface area contributed by atoms with Gasteiger partial charge in [0.1, 0.15) is 0 Å². The molecule has 0 aliphatic carbocycles. The van der Waals surface area contributed by atoms with Gasteiger partial charge in [-0.1, -0.05) is 60.7 Å². The summed E-state index contributed by atoms with van der Waals surface area (Å²) in [6.45, 7) is 10.3. The molecule has 1 heteroatoms. The summed E-state index contributed by atoms with van der Waals surface area (Å²) in [6.07, 6.45) is 0. The van der Waals surface area contributed by atoms with E-state index in [4.69, 9.17) is 4.98 Å². The minimum absolute atomic E-state index is 0.997. The van der Waals surface area contributed by atoms with Crippen molar-refractivity contribution in [3.63, 3.8) is 0 Å². The second-order valence-electron chi connectivity index (χ2n) is 5.62. The summed E-state index contributed by atoms with van der Waals surface area (Å²) in [5.74, 6) is 0. The maximum atomic E-state index is 4.81. The first-order valence-corrected chi connectivity index (χ1v) is 7.20. The Morgan fingerprint density at radius 1 is 0.952 bits per heavy atom. The van der Waals surface area contributed by atoms with Crippen LogP contribution >= 0.6 is 0 Å². The lowest BCUT2D eigenvalue weighted by Crippen LogP contribution is -1.97. The van der Waals surface area contributed by atoms with Gasteiger partial charge < -0.3 is 0 Å². The molecule has 1 nitrogen and oxygen atoms in total. The lowest BCUT2D eigenvalue weighted by Gasteiger charge is -2.15. The molecule has 0 bridgehead atoms. The van der Waals surface area contributed by atoms with E-state index in [0.717, 1.165) is 17.0 Å². The van der Waals surface area contributed by atoms with Crippen molar-refractivity contribution in [1.82, 2.24) is 4.98 Å². The van der Waals surface area contributed by atoms with Crippen molar-refractivity contribution in [2.75, 3.05) is 0 Å². The standard InChI is InChI=1S/C20H19N/c1-13(2)20-19(16-9-7-8-14(3)12-16)18-11-6-5-10-17(18)15(4)21-20/h5-12H,1H2,2-4H3. The topological polar surface area (TPSA) is 12.9 Å². The van der Waals surface area contributed by atoms with Gasteiger partial charge in [-0.25, -0.2) is 0 Å². The van der Waals surface area contributed by atoms with Gasteiger partial charge in [-0.2, -0.15) is 0 Å². The first kappa shape index (κ1) is 13.6. The van der Waals surface area contributed by atoms with Crippen molar-refractivity contribution in [2.24, 2.45) is 0 Å². The molecule has 0 saturated carbocycles. The summed E-state index contributed by atoms with van der Waals surface area (Å²) in [6, 6.07) is 17.0. The quantitative estimate of drug-likeness (QED) is 0.596. The summed E-state index contributed by atoms with van der Waals surface area (Å²) in [5.41, 5.74) is 6.70. The number of aromatic nitrogens is 1. The first-order chi connectivity index (χ1) is 10.1. The SMILES string of the molecule is C=C(C)c1nc(C)c2ccccc2c1-c1cccc(C)c1. The van der Waals surface area contributed by atoms with Crippen LogP contribution in [0.2, 0.25) is 0 Å². The highest BCUT2D eigenvalue weighted by Crippen LogP contribution is 2.35. The number of nitrogens with zero attached hydrogens (tertiary/aromatic N) is 1. The van der Waals surface area contributed by atoms with Gasteiger partial charge in [-0.15, -0.1) is 0 Å². The van der Waals surface area contributed by atoms with Gasteiger partial charge in [-0.05, 0) is 37.3 Å². The number of benzene rings is 2. The predicted octanol–water partition coefficient (Wildman–Crippen LogP) is 5.55. The van der Waals surface area contributed by atoms with E-state index in [-0.39, 0.29) is 0 Å². The molecule has 0 radical (unpaired) electrons. The van der Waals surface area contributed by atoms with Crippen molar-refractivity contribution >= 4 is 16.3 Å². The monoisotopic (exact) mass is 273 g/mol. The number of allylic oxidation sites excluding steroid dienone is 1. The van der Waals surface area contributed by atoms with E-state index in [2.05, 4.69) is 69.0 Å². The molecule has 3 rings (SSSR count). The van der Waals surface area contributed by atoms with Crippen LogP contribution in [0.15, 0.2) is 55.1 Å². The van der Waals surface area contributed by atoms with Gasteiger partial charge in [0, 0.05) is 16.6 Å². The Hall–Kier alpha value is -2.41. The second kappa shape index (κ2) is 5.17. The first-order valence-electron chi connectivity index (χ1n) is 7.20. The second-order valence-corrected chi connectivity index (χ2v) is 5.62. The Morgan fingerprint density at radius 3 is 2.33 bits per heavy atom. The van der Waals surface area contributed by atoms with E-state index in [0.29, 0.717) is 0 Å². The molecular formula is C20H19N. The molecular weight excluding hydrogens is 254 g/mol. The predicted molar refractivity (Wildman–Crippen MR) is 91.4 cm³/mol. The smallest absolute Gasteiger partial charge is 0.0740 e. The lowest BCUT2D eigenvalue weighted by molar-refractivity contribution is 1.20. The molecule has 0 amide bonds. The van der Waals surface area contributed by atoms with Gasteiger partial charge >= 0.3 is 0 Å². The molecule has 0 fully saturated rings. The Labute approximate surface area is 126 Å². The average molecular weight is 273 g/mol. The highest BCUT2D eigenvalue weighted by Gasteiger charge is 2.14. The fraction of sp³-hybridized carbons (Fsp3) is 0.150. The normalized spacial score (nSPS) is 10.8. The molecule has 1 aromatic heterocycles. The van der Waals surface area contributed by atoms with Crippen molar-refractivity contribution in [3.8, 4) is 11.1 Å². The lowest BCUT2D eigenvalue weighted by atomic mass is 9.93. The third-order valence-corrected chi connectivity index (χ3v) is 3.81. The Bertz CT molecular complexity index is 844. The molecule has 0 atom stereocenters. The molecule has 0 aliphatic heterocycles. The number of aryl methyl sites for hydroxylation is 2. The molecule has 0 saturated heterocycles. The zero-order valence-corrected chi connectivity index (χ0v) is 12.8. The molecule has 104 valence electrons. The molecule has 0 unspecified atom stereocenters. The number of pyridine rings is 1. The molecule has 0 spiro atoms. The number of rotatable bonds is 2. The van der Waals surface area contributed by atoms with E-state index in [1.54, 1.807) is 0 Å². The maximum Gasteiger partial charge on any atom is 0.0740 e. The Morgan fingerprint density at radius 2 is 1.67 bits per heavy atom. The van der Waals surface area contributed by atoms with Crippen LogP contribution in [0.5, 0.6) is 0 Å². The zero-order valence-electron chi connectivity index (χ0n) is 12.8. The molecule has 0 aliphatic rings. The summed E-state index contributed by atoms with van der Waals surface area (Å²) in [7, 11) is 0. The summed E-state index contributed by atoms with van der Waals surface area (Å²) < 4.78 is 0. The number of fused-ring (bicyclic) bond motifs is 1. The van der Waals surface area contributed by atoms with E-state index >= 15 is 0 Å². The minimum atomic E-state index is 0.997. The van der Waals surface area contributed by atoms with Gasteiger partial charge in [0.05, 0.1) is 5.69 Å². The van der Waals surface area contributed by atoms with Crippen LogP contribution in [0.25, 0.3) is 27.5 Å². The zero-order chi connectivity index (χ0) is 15.0. The average Bonchev–Trinajstić information content (AvgIpc) is 2.47. The van der Waals surface area contributed by atoms with Crippen LogP contribution in [-0.4, -0.2) is 4.98 Å². The molecule has 3 aromatic rings.